The van der Waals surface area contributed by atoms with Gasteiger partial charge in [0.25, 0.3) is 0 Å². The summed E-state index contributed by atoms with van der Waals surface area (Å²) in [4.78, 5) is 14.5. The average molecular weight is 554 g/mol. The third-order valence-corrected chi connectivity index (χ3v) is 7.02. The molecule has 0 bridgehead atoms. The number of rotatable bonds is 10. The predicted octanol–water partition coefficient (Wildman–Crippen LogP) is 6.40. The largest absolute Gasteiger partial charge is 0.360 e. The molecule has 1 heterocycles. The van der Waals surface area contributed by atoms with Crippen LogP contribution in [0.5, 0.6) is 0 Å². The Balaban J connectivity index is 1.22. The molecule has 0 saturated carbocycles. The first-order chi connectivity index (χ1) is 16.9. The minimum absolute atomic E-state index is 0.103. The number of piperidine rings is 1. The molecule has 3 rings (SSSR count). The van der Waals surface area contributed by atoms with E-state index in [4.69, 9.17) is 47.0 Å². The molecular weight excluding hydrogens is 523 g/mol. The zero-order valence-corrected chi connectivity index (χ0v) is 22.6. The third kappa shape index (κ3) is 10.4. The summed E-state index contributed by atoms with van der Waals surface area (Å²) in [5.74, 6) is -0.103. The Morgan fingerprint density at radius 2 is 1.83 bits per heavy atom. The lowest BCUT2D eigenvalue weighted by molar-refractivity contribution is -0.116. The molecule has 2 aromatic rings. The molecular formula is C26H31Cl3N4OS. The van der Waals surface area contributed by atoms with Crippen molar-refractivity contribution in [2.45, 2.75) is 38.1 Å². The first kappa shape index (κ1) is 27.8. The second-order valence-corrected chi connectivity index (χ2v) is 10.2. The number of hydrogen-bond acceptors (Lipinski definition) is 3. The molecule has 5 nitrogen and oxygen atoms in total. The SMILES string of the molecule is O=C(/C=C/c1ccc(Cl)c(Cl)c1)NCCCCCN1CCC(NC(=S)Nc2cccc(Cl)c2)CC1. The monoisotopic (exact) mass is 552 g/mol. The summed E-state index contributed by atoms with van der Waals surface area (Å²) in [5, 5.41) is 11.9. The first-order valence-electron chi connectivity index (χ1n) is 11.9. The van der Waals surface area contributed by atoms with Gasteiger partial charge in [0.1, 0.15) is 0 Å². The minimum atomic E-state index is -0.103. The molecule has 0 radical (unpaired) electrons. The molecule has 0 spiro atoms. The van der Waals surface area contributed by atoms with Crippen molar-refractivity contribution >= 4 is 69.8 Å². The molecule has 1 aliphatic rings. The number of amides is 1. The Kier molecular flexibility index (Phi) is 11.6. The standard InChI is InChI=1S/C26H31Cl3N4OS/c27-20-5-4-6-22(18-20)32-26(35)31-21-11-15-33(16-12-21)14-3-1-2-13-30-25(34)10-8-19-7-9-23(28)24(29)17-19/h4-10,17-18,21H,1-3,11-16H2,(H,30,34)(H2,31,32,35)/b10-8+. The van der Waals surface area contributed by atoms with Gasteiger partial charge in [-0.3, -0.25) is 4.79 Å². The summed E-state index contributed by atoms with van der Waals surface area (Å²) in [6, 6.07) is 13.2. The number of benzene rings is 2. The van der Waals surface area contributed by atoms with Crippen LogP contribution < -0.4 is 16.0 Å². The van der Waals surface area contributed by atoms with Crippen LogP contribution in [0, 0.1) is 0 Å². The molecule has 35 heavy (non-hydrogen) atoms. The zero-order chi connectivity index (χ0) is 25.0. The van der Waals surface area contributed by atoms with E-state index in [1.54, 1.807) is 18.2 Å². The van der Waals surface area contributed by atoms with Crippen LogP contribution in [-0.2, 0) is 4.79 Å². The lowest BCUT2D eigenvalue weighted by Crippen LogP contribution is -2.46. The van der Waals surface area contributed by atoms with Crippen molar-refractivity contribution in [2.24, 2.45) is 0 Å². The van der Waals surface area contributed by atoms with Crippen molar-refractivity contribution < 1.29 is 4.79 Å². The maximum Gasteiger partial charge on any atom is 0.243 e. The number of carbonyl (C=O) groups is 1. The van der Waals surface area contributed by atoms with Gasteiger partial charge in [0.05, 0.1) is 10.0 Å². The highest BCUT2D eigenvalue weighted by Crippen LogP contribution is 2.23. The maximum absolute atomic E-state index is 12.0. The molecule has 1 amide bonds. The van der Waals surface area contributed by atoms with Crippen molar-refractivity contribution in [3.8, 4) is 0 Å². The molecule has 3 N–H and O–H groups in total. The molecule has 1 saturated heterocycles. The van der Waals surface area contributed by atoms with E-state index >= 15 is 0 Å². The van der Waals surface area contributed by atoms with Gasteiger partial charge < -0.3 is 20.9 Å². The fraction of sp³-hybridized carbons (Fsp3) is 0.385. The number of unbranched alkanes of at least 4 members (excludes halogenated alkanes) is 2. The summed E-state index contributed by atoms with van der Waals surface area (Å²) in [6.07, 6.45) is 8.57. The predicted molar refractivity (Wildman–Crippen MR) is 153 cm³/mol. The van der Waals surface area contributed by atoms with Crippen LogP contribution >= 0.6 is 47.0 Å². The molecule has 0 aliphatic carbocycles. The van der Waals surface area contributed by atoms with E-state index in [0.29, 0.717) is 32.8 Å². The normalized spacial score (nSPS) is 14.7. The van der Waals surface area contributed by atoms with Crippen LogP contribution in [0.1, 0.15) is 37.7 Å². The fourth-order valence-corrected chi connectivity index (χ4v) is 4.70. The molecule has 1 aliphatic heterocycles. The summed E-state index contributed by atoms with van der Waals surface area (Å²) >= 11 is 23.4. The van der Waals surface area contributed by atoms with Gasteiger partial charge in [-0.05, 0) is 86.4 Å². The van der Waals surface area contributed by atoms with Crippen LogP contribution in [0.25, 0.3) is 6.08 Å². The van der Waals surface area contributed by atoms with Crippen LogP contribution in [0.15, 0.2) is 48.5 Å². The van der Waals surface area contributed by atoms with Crippen LogP contribution in [0.3, 0.4) is 0 Å². The summed E-state index contributed by atoms with van der Waals surface area (Å²) < 4.78 is 0. The van der Waals surface area contributed by atoms with Gasteiger partial charge in [0.15, 0.2) is 5.11 Å². The highest BCUT2D eigenvalue weighted by Gasteiger charge is 2.19. The van der Waals surface area contributed by atoms with E-state index in [9.17, 15) is 4.79 Å². The maximum atomic E-state index is 12.0. The molecule has 188 valence electrons. The fourth-order valence-electron chi connectivity index (χ4n) is 3.92. The van der Waals surface area contributed by atoms with Gasteiger partial charge in [-0.25, -0.2) is 0 Å². The second-order valence-electron chi connectivity index (χ2n) is 8.58. The Morgan fingerprint density at radius 1 is 1.03 bits per heavy atom. The minimum Gasteiger partial charge on any atom is -0.360 e. The molecule has 1 fully saturated rings. The molecule has 9 heteroatoms. The molecule has 0 aromatic heterocycles. The highest BCUT2D eigenvalue weighted by atomic mass is 35.5. The van der Waals surface area contributed by atoms with Gasteiger partial charge >= 0.3 is 0 Å². The lowest BCUT2D eigenvalue weighted by Gasteiger charge is -2.33. The van der Waals surface area contributed by atoms with Crippen molar-refractivity contribution in [3.05, 3.63) is 69.2 Å². The van der Waals surface area contributed by atoms with Gasteiger partial charge in [0.2, 0.25) is 5.91 Å². The molecule has 2 aromatic carbocycles. The highest BCUT2D eigenvalue weighted by molar-refractivity contribution is 7.80. The van der Waals surface area contributed by atoms with E-state index in [1.165, 1.54) is 6.08 Å². The number of halogens is 3. The quantitative estimate of drug-likeness (QED) is 0.181. The van der Waals surface area contributed by atoms with Gasteiger partial charge in [-0.15, -0.1) is 0 Å². The first-order valence-corrected chi connectivity index (χ1v) is 13.4. The van der Waals surface area contributed by atoms with Crippen molar-refractivity contribution in [2.75, 3.05) is 31.5 Å². The van der Waals surface area contributed by atoms with Crippen molar-refractivity contribution in [1.29, 1.82) is 0 Å². The molecule has 0 unspecified atom stereocenters. The number of likely N-dealkylation sites (tertiary alicyclic amines) is 1. The Morgan fingerprint density at radius 3 is 2.57 bits per heavy atom. The summed E-state index contributed by atoms with van der Waals surface area (Å²) in [6.45, 7) is 3.89. The van der Waals surface area contributed by atoms with Gasteiger partial charge in [0, 0.05) is 42.5 Å². The third-order valence-electron chi connectivity index (χ3n) is 5.83. The van der Waals surface area contributed by atoms with E-state index in [1.807, 2.05) is 30.3 Å². The van der Waals surface area contributed by atoms with E-state index < -0.39 is 0 Å². The zero-order valence-electron chi connectivity index (χ0n) is 19.5. The summed E-state index contributed by atoms with van der Waals surface area (Å²) in [7, 11) is 0. The average Bonchev–Trinajstić information content (AvgIpc) is 2.83. The lowest BCUT2D eigenvalue weighted by atomic mass is 10.0. The Labute approximate surface area is 228 Å². The number of nitrogens with zero attached hydrogens (tertiary/aromatic N) is 1. The van der Waals surface area contributed by atoms with Crippen LogP contribution in [0.2, 0.25) is 15.1 Å². The van der Waals surface area contributed by atoms with Crippen molar-refractivity contribution in [3.63, 3.8) is 0 Å². The van der Waals surface area contributed by atoms with Gasteiger partial charge in [-0.2, -0.15) is 0 Å². The number of nitrogens with one attached hydrogen (secondary N) is 3. The van der Waals surface area contributed by atoms with E-state index in [0.717, 1.165) is 63.0 Å². The smallest absolute Gasteiger partial charge is 0.243 e. The van der Waals surface area contributed by atoms with Crippen LogP contribution in [0.4, 0.5) is 5.69 Å². The Bertz CT molecular complexity index is 1030. The Hall–Kier alpha value is -1.83. The second kappa shape index (κ2) is 14.7. The van der Waals surface area contributed by atoms with Gasteiger partial charge in [-0.1, -0.05) is 53.4 Å². The number of thiocarbonyl (C=S) groups is 1. The topological polar surface area (TPSA) is 56.4 Å². The van der Waals surface area contributed by atoms with E-state index in [-0.39, 0.29) is 5.91 Å². The van der Waals surface area contributed by atoms with Crippen LogP contribution in [-0.4, -0.2) is 48.1 Å². The van der Waals surface area contributed by atoms with E-state index in [2.05, 4.69) is 20.9 Å². The number of carbonyl (C=O) groups excluding carboxylic acids is 1. The molecule has 0 atom stereocenters. The van der Waals surface area contributed by atoms with Crippen molar-refractivity contribution in [1.82, 2.24) is 15.5 Å². The number of anilines is 1. The number of hydrogen-bond donors (Lipinski definition) is 3. The summed E-state index contributed by atoms with van der Waals surface area (Å²) in [5.41, 5.74) is 1.74.